The first-order valence-corrected chi connectivity index (χ1v) is 19.6. The second-order valence-electron chi connectivity index (χ2n) is 15.3. The van der Waals surface area contributed by atoms with Crippen molar-refractivity contribution in [3.63, 3.8) is 0 Å². The Morgan fingerprint density at radius 2 is 0.929 bits per heavy atom. The van der Waals surface area contributed by atoms with Crippen molar-refractivity contribution in [3.05, 3.63) is 240 Å². The van der Waals surface area contributed by atoms with E-state index in [1.165, 1.54) is 83.5 Å². The van der Waals surface area contributed by atoms with Crippen molar-refractivity contribution in [3.8, 4) is 44.5 Å². The highest BCUT2D eigenvalue weighted by Crippen LogP contribution is 2.65. The van der Waals surface area contributed by atoms with Crippen LogP contribution >= 0.6 is 0 Å². The molecule has 3 aliphatic rings. The molecule has 0 aromatic heterocycles. The van der Waals surface area contributed by atoms with Crippen LogP contribution < -0.4 is 4.90 Å². The molecule has 3 aliphatic carbocycles. The summed E-state index contributed by atoms with van der Waals surface area (Å²) in [4.78, 5) is 2.37. The molecule has 1 atom stereocenters. The third-order valence-corrected chi connectivity index (χ3v) is 12.2. The SMILES string of the molecule is Cc1ccc2c(c1)C1(C3=C2C=CC3)c2ccccc2-c2cccc(-c3ccc(N(c4ccc(-c5ccccc5)cc4)c4ccc(-c5ccccc5)cc4)cc3)c21. The zero-order valence-corrected chi connectivity index (χ0v) is 31.3. The number of benzene rings is 8. The molecular formula is C55H39N. The fraction of sp³-hybridized carbons (Fsp3) is 0.0545. The van der Waals surface area contributed by atoms with E-state index in [9.17, 15) is 0 Å². The number of nitrogens with zero attached hydrogens (tertiary/aromatic N) is 1. The Morgan fingerprint density at radius 3 is 1.55 bits per heavy atom. The molecule has 11 rings (SSSR count). The molecule has 0 fully saturated rings. The van der Waals surface area contributed by atoms with E-state index < -0.39 is 0 Å². The van der Waals surface area contributed by atoms with Crippen molar-refractivity contribution in [1.29, 1.82) is 0 Å². The van der Waals surface area contributed by atoms with Gasteiger partial charge in [-0.2, -0.15) is 0 Å². The van der Waals surface area contributed by atoms with Gasteiger partial charge in [-0.1, -0.05) is 175 Å². The van der Waals surface area contributed by atoms with Crippen LogP contribution in [0.1, 0.15) is 34.2 Å². The third kappa shape index (κ3) is 4.87. The molecule has 56 heavy (non-hydrogen) atoms. The zero-order chi connectivity index (χ0) is 37.2. The van der Waals surface area contributed by atoms with Gasteiger partial charge in [-0.25, -0.2) is 0 Å². The number of fused-ring (bicyclic) bond motifs is 9. The molecule has 0 saturated heterocycles. The van der Waals surface area contributed by atoms with Crippen molar-refractivity contribution in [2.45, 2.75) is 18.8 Å². The third-order valence-electron chi connectivity index (χ3n) is 12.2. The van der Waals surface area contributed by atoms with Crippen molar-refractivity contribution in [2.24, 2.45) is 0 Å². The molecule has 0 bridgehead atoms. The summed E-state index contributed by atoms with van der Waals surface area (Å²) < 4.78 is 0. The Labute approximate surface area is 329 Å². The quantitative estimate of drug-likeness (QED) is 0.166. The molecule has 0 radical (unpaired) electrons. The van der Waals surface area contributed by atoms with Gasteiger partial charge in [0.1, 0.15) is 0 Å². The molecule has 1 nitrogen and oxygen atoms in total. The molecular weight excluding hydrogens is 675 g/mol. The molecule has 0 saturated carbocycles. The van der Waals surface area contributed by atoms with Gasteiger partial charge in [0.25, 0.3) is 0 Å². The molecule has 0 N–H and O–H groups in total. The lowest BCUT2D eigenvalue weighted by Gasteiger charge is -2.34. The van der Waals surface area contributed by atoms with Gasteiger partial charge in [0.2, 0.25) is 0 Å². The summed E-state index contributed by atoms with van der Waals surface area (Å²) in [6, 6.07) is 71.5. The Bertz CT molecular complexity index is 2760. The molecule has 1 unspecified atom stereocenters. The van der Waals surface area contributed by atoms with E-state index in [0.29, 0.717) is 0 Å². The second-order valence-corrected chi connectivity index (χ2v) is 15.3. The van der Waals surface area contributed by atoms with Crippen LogP contribution in [0.3, 0.4) is 0 Å². The van der Waals surface area contributed by atoms with Crippen molar-refractivity contribution in [1.82, 2.24) is 0 Å². The number of rotatable bonds is 6. The highest BCUT2D eigenvalue weighted by atomic mass is 15.1. The van der Waals surface area contributed by atoms with E-state index in [1.54, 1.807) is 0 Å². The average molecular weight is 714 g/mol. The van der Waals surface area contributed by atoms with Gasteiger partial charge in [-0.15, -0.1) is 0 Å². The minimum absolute atomic E-state index is 0.325. The van der Waals surface area contributed by atoms with Crippen molar-refractivity contribution >= 4 is 22.6 Å². The van der Waals surface area contributed by atoms with Crippen LogP contribution in [-0.4, -0.2) is 0 Å². The summed E-state index contributed by atoms with van der Waals surface area (Å²) in [6.45, 7) is 2.23. The predicted octanol–water partition coefficient (Wildman–Crippen LogP) is 14.5. The maximum absolute atomic E-state index is 2.46. The minimum atomic E-state index is -0.325. The zero-order valence-electron chi connectivity index (χ0n) is 31.3. The smallest absolute Gasteiger partial charge is 0.0697 e. The van der Waals surface area contributed by atoms with E-state index in [1.807, 2.05) is 0 Å². The van der Waals surface area contributed by atoms with Crippen LogP contribution in [0.5, 0.6) is 0 Å². The maximum atomic E-state index is 2.46. The summed E-state index contributed by atoms with van der Waals surface area (Å²) >= 11 is 0. The topological polar surface area (TPSA) is 3.24 Å². The second kappa shape index (κ2) is 12.8. The number of allylic oxidation sites excluding steroid dienone is 4. The van der Waals surface area contributed by atoms with Gasteiger partial charge in [-0.3, -0.25) is 0 Å². The molecule has 264 valence electrons. The standard InChI is InChI=1S/C55H39N/c1-37-22-35-49-47-18-11-21-52(47)55(53(49)36-37)51-20-9-8-16-48(51)50-19-10-17-46(54(50)55)42-27-33-45(34-28-42)56(43-29-23-40(24-30-43)38-12-4-2-5-13-38)44-31-25-41(26-32-44)39-14-6-3-7-15-39/h2-20,22-36H,21H2,1H3. The van der Waals surface area contributed by atoms with E-state index >= 15 is 0 Å². The van der Waals surface area contributed by atoms with Gasteiger partial charge in [0, 0.05) is 17.1 Å². The minimum Gasteiger partial charge on any atom is -0.311 e. The summed E-state index contributed by atoms with van der Waals surface area (Å²) in [7, 11) is 0. The predicted molar refractivity (Wildman–Crippen MR) is 235 cm³/mol. The molecule has 0 amide bonds. The van der Waals surface area contributed by atoms with Crippen molar-refractivity contribution in [2.75, 3.05) is 4.90 Å². The lowest BCUT2D eigenvalue weighted by Crippen LogP contribution is -2.28. The highest BCUT2D eigenvalue weighted by Gasteiger charge is 2.53. The van der Waals surface area contributed by atoms with Gasteiger partial charge in [-0.05, 0) is 128 Å². The lowest BCUT2D eigenvalue weighted by molar-refractivity contribution is 0.750. The van der Waals surface area contributed by atoms with E-state index in [-0.39, 0.29) is 5.41 Å². The number of hydrogen-bond donors (Lipinski definition) is 0. The summed E-state index contributed by atoms with van der Waals surface area (Å²) in [5.41, 5.74) is 22.9. The first-order chi connectivity index (χ1) is 27.7. The molecule has 0 aliphatic heterocycles. The molecule has 0 heterocycles. The molecule has 8 aromatic rings. The van der Waals surface area contributed by atoms with E-state index in [4.69, 9.17) is 0 Å². The van der Waals surface area contributed by atoms with Gasteiger partial charge in [0.05, 0.1) is 5.41 Å². The Morgan fingerprint density at radius 1 is 0.411 bits per heavy atom. The van der Waals surface area contributed by atoms with Crippen LogP contribution in [0.25, 0.3) is 50.1 Å². The number of anilines is 3. The van der Waals surface area contributed by atoms with Crippen LogP contribution in [0.15, 0.2) is 212 Å². The maximum Gasteiger partial charge on any atom is 0.0697 e. The van der Waals surface area contributed by atoms with E-state index in [2.05, 4.69) is 218 Å². The monoisotopic (exact) mass is 713 g/mol. The molecule has 8 aromatic carbocycles. The first-order valence-electron chi connectivity index (χ1n) is 19.6. The van der Waals surface area contributed by atoms with E-state index in [0.717, 1.165) is 23.5 Å². The molecule has 1 spiro atoms. The normalized spacial score (nSPS) is 15.8. The molecule has 1 heteroatoms. The average Bonchev–Trinajstić information content (AvgIpc) is 3.94. The van der Waals surface area contributed by atoms with Crippen LogP contribution in [-0.2, 0) is 5.41 Å². The van der Waals surface area contributed by atoms with Gasteiger partial charge < -0.3 is 4.90 Å². The van der Waals surface area contributed by atoms with Crippen LogP contribution in [0.2, 0.25) is 0 Å². The Balaban J connectivity index is 1.05. The fourth-order valence-corrected chi connectivity index (χ4v) is 9.78. The van der Waals surface area contributed by atoms with Gasteiger partial charge >= 0.3 is 0 Å². The van der Waals surface area contributed by atoms with Crippen LogP contribution in [0.4, 0.5) is 17.1 Å². The Kier molecular flexibility index (Phi) is 7.44. The largest absolute Gasteiger partial charge is 0.311 e. The highest BCUT2D eigenvalue weighted by molar-refractivity contribution is 6.01. The van der Waals surface area contributed by atoms with Crippen molar-refractivity contribution < 1.29 is 0 Å². The summed E-state index contributed by atoms with van der Waals surface area (Å²) in [5, 5.41) is 0. The Hall–Kier alpha value is -6.96. The fourth-order valence-electron chi connectivity index (χ4n) is 9.78. The van der Waals surface area contributed by atoms with Crippen LogP contribution in [0, 0.1) is 6.92 Å². The summed E-state index contributed by atoms with van der Waals surface area (Å²) in [5.74, 6) is 0. The summed E-state index contributed by atoms with van der Waals surface area (Å²) in [6.07, 6.45) is 5.69. The number of aryl methyl sites for hydroxylation is 1. The van der Waals surface area contributed by atoms with Gasteiger partial charge in [0.15, 0.2) is 0 Å². The first kappa shape index (κ1) is 32.5. The number of hydrogen-bond acceptors (Lipinski definition) is 1. The lowest BCUT2D eigenvalue weighted by atomic mass is 9.67.